The number of carboxylic acid groups (broad SMARTS) is 1. The summed E-state index contributed by atoms with van der Waals surface area (Å²) in [6.45, 7) is 1.11. The molecule has 0 spiro atoms. The Morgan fingerprint density at radius 2 is 1.66 bits per heavy atom. The van der Waals surface area contributed by atoms with Gasteiger partial charge in [0.05, 0.1) is 6.04 Å². The standard InChI is InChI=1S/C21H18N4O4/c26-20(27)19-22-12-25(23-19)13-9-24(10-13)21(28)29-11-18-16-7-3-1-5-14(16)15-6-2-4-8-17(15)18/h1-8,12-13,18H,9-11H2,(H,26,27). The highest BCUT2D eigenvalue weighted by Crippen LogP contribution is 2.44. The van der Waals surface area contributed by atoms with Crippen LogP contribution in [0, 0.1) is 0 Å². The number of fused-ring (bicyclic) bond motifs is 3. The van der Waals surface area contributed by atoms with Crippen molar-refractivity contribution in [3.63, 3.8) is 0 Å². The number of aromatic carboxylic acids is 1. The van der Waals surface area contributed by atoms with Crippen molar-refractivity contribution in [3.05, 3.63) is 71.8 Å². The van der Waals surface area contributed by atoms with Crippen molar-refractivity contribution in [2.75, 3.05) is 19.7 Å². The highest BCUT2D eigenvalue weighted by molar-refractivity contribution is 5.82. The summed E-state index contributed by atoms with van der Waals surface area (Å²) in [6, 6.07) is 16.3. The molecule has 0 unspecified atom stereocenters. The Morgan fingerprint density at radius 1 is 1.03 bits per heavy atom. The van der Waals surface area contributed by atoms with Gasteiger partial charge >= 0.3 is 12.1 Å². The third kappa shape index (κ3) is 2.93. The van der Waals surface area contributed by atoms with Gasteiger partial charge in [-0.3, -0.25) is 0 Å². The largest absolute Gasteiger partial charge is 0.475 e. The topological polar surface area (TPSA) is 97.6 Å². The van der Waals surface area contributed by atoms with Crippen molar-refractivity contribution in [2.45, 2.75) is 12.0 Å². The molecule has 1 saturated heterocycles. The molecular formula is C21H18N4O4. The number of benzene rings is 2. The van der Waals surface area contributed by atoms with E-state index in [1.165, 1.54) is 33.3 Å². The van der Waals surface area contributed by atoms with E-state index in [4.69, 9.17) is 9.84 Å². The van der Waals surface area contributed by atoms with E-state index in [1.54, 1.807) is 4.90 Å². The van der Waals surface area contributed by atoms with E-state index in [0.29, 0.717) is 13.1 Å². The molecule has 3 aromatic rings. The molecule has 0 atom stereocenters. The molecule has 1 N–H and O–H groups in total. The summed E-state index contributed by atoms with van der Waals surface area (Å²) < 4.78 is 7.10. The van der Waals surface area contributed by atoms with Crippen LogP contribution >= 0.6 is 0 Å². The number of carbonyl (C=O) groups is 2. The van der Waals surface area contributed by atoms with Crippen molar-refractivity contribution in [1.29, 1.82) is 0 Å². The second kappa shape index (κ2) is 6.73. The Balaban J connectivity index is 1.22. The van der Waals surface area contributed by atoms with Gasteiger partial charge in [-0.05, 0) is 22.3 Å². The predicted molar refractivity (Wildman–Crippen MR) is 103 cm³/mol. The fourth-order valence-corrected chi connectivity index (χ4v) is 4.01. The molecule has 0 radical (unpaired) electrons. The van der Waals surface area contributed by atoms with E-state index in [2.05, 4.69) is 34.3 Å². The number of carbonyl (C=O) groups excluding carboxylic acids is 1. The molecule has 1 aromatic heterocycles. The molecular weight excluding hydrogens is 372 g/mol. The van der Waals surface area contributed by atoms with Crippen LogP contribution in [-0.2, 0) is 4.74 Å². The molecule has 146 valence electrons. The van der Waals surface area contributed by atoms with Gasteiger partial charge in [-0.2, -0.15) is 0 Å². The first-order valence-electron chi connectivity index (χ1n) is 9.36. The molecule has 8 nitrogen and oxygen atoms in total. The number of ether oxygens (including phenoxy) is 1. The van der Waals surface area contributed by atoms with Crippen LogP contribution in [0.2, 0.25) is 0 Å². The first-order chi connectivity index (χ1) is 14.1. The number of carboxylic acids is 1. The van der Waals surface area contributed by atoms with Crippen LogP contribution in [0.3, 0.4) is 0 Å². The van der Waals surface area contributed by atoms with E-state index >= 15 is 0 Å². The van der Waals surface area contributed by atoms with Crippen LogP contribution in [0.1, 0.15) is 33.7 Å². The minimum absolute atomic E-state index is 0.0249. The van der Waals surface area contributed by atoms with Crippen LogP contribution in [0.4, 0.5) is 4.79 Å². The lowest BCUT2D eigenvalue weighted by Gasteiger charge is -2.38. The van der Waals surface area contributed by atoms with Crippen LogP contribution < -0.4 is 0 Å². The van der Waals surface area contributed by atoms with Crippen LogP contribution in [0.25, 0.3) is 11.1 Å². The van der Waals surface area contributed by atoms with Gasteiger partial charge < -0.3 is 14.7 Å². The number of amides is 1. The normalized spacial score (nSPS) is 15.5. The van der Waals surface area contributed by atoms with Gasteiger partial charge in [0.25, 0.3) is 5.82 Å². The Labute approximate surface area is 166 Å². The van der Waals surface area contributed by atoms with E-state index in [-0.39, 0.29) is 30.5 Å². The average molecular weight is 390 g/mol. The maximum atomic E-state index is 12.5. The van der Waals surface area contributed by atoms with Gasteiger partial charge in [0.2, 0.25) is 0 Å². The van der Waals surface area contributed by atoms with Crippen molar-refractivity contribution in [3.8, 4) is 11.1 Å². The monoisotopic (exact) mass is 390 g/mol. The molecule has 8 heteroatoms. The summed E-state index contributed by atoms with van der Waals surface area (Å²) in [4.78, 5) is 28.7. The Morgan fingerprint density at radius 3 is 2.24 bits per heavy atom. The summed E-state index contributed by atoms with van der Waals surface area (Å²) in [5.41, 5.74) is 4.72. The van der Waals surface area contributed by atoms with Crippen LogP contribution in [0.5, 0.6) is 0 Å². The van der Waals surface area contributed by atoms with Gasteiger partial charge in [0.15, 0.2) is 0 Å². The zero-order valence-electron chi connectivity index (χ0n) is 15.4. The number of hydrogen-bond donors (Lipinski definition) is 1. The summed E-state index contributed by atoms with van der Waals surface area (Å²) >= 11 is 0. The lowest BCUT2D eigenvalue weighted by molar-refractivity contribution is 0.0516. The van der Waals surface area contributed by atoms with Crippen molar-refractivity contribution in [2.24, 2.45) is 0 Å². The van der Waals surface area contributed by atoms with Crippen molar-refractivity contribution < 1.29 is 19.4 Å². The highest BCUT2D eigenvalue weighted by Gasteiger charge is 2.35. The average Bonchev–Trinajstić information content (AvgIpc) is 3.29. The molecule has 5 rings (SSSR count). The third-order valence-electron chi connectivity index (χ3n) is 5.53. The molecule has 1 aliphatic heterocycles. The summed E-state index contributed by atoms with van der Waals surface area (Å²) in [7, 11) is 0. The number of rotatable bonds is 4. The lowest BCUT2D eigenvalue weighted by Crippen LogP contribution is -2.51. The van der Waals surface area contributed by atoms with Gasteiger partial charge in [-0.15, -0.1) is 5.10 Å². The van der Waals surface area contributed by atoms with Crippen molar-refractivity contribution >= 4 is 12.1 Å². The van der Waals surface area contributed by atoms with Crippen molar-refractivity contribution in [1.82, 2.24) is 19.7 Å². The minimum Gasteiger partial charge on any atom is -0.475 e. The Kier molecular flexibility index (Phi) is 4.04. The van der Waals surface area contributed by atoms with Gasteiger partial charge in [0.1, 0.15) is 12.9 Å². The lowest BCUT2D eigenvalue weighted by atomic mass is 9.98. The fourth-order valence-electron chi connectivity index (χ4n) is 4.01. The van der Waals surface area contributed by atoms with Crippen LogP contribution in [0.15, 0.2) is 54.9 Å². The number of likely N-dealkylation sites (tertiary alicyclic amines) is 1. The molecule has 1 fully saturated rings. The molecule has 0 bridgehead atoms. The maximum absolute atomic E-state index is 12.5. The summed E-state index contributed by atoms with van der Waals surface area (Å²) in [6.07, 6.45) is 1.00. The van der Waals surface area contributed by atoms with E-state index in [9.17, 15) is 9.59 Å². The zero-order valence-corrected chi connectivity index (χ0v) is 15.4. The predicted octanol–water partition coefficient (Wildman–Crippen LogP) is 2.78. The molecule has 1 amide bonds. The minimum atomic E-state index is -1.17. The molecule has 1 aliphatic carbocycles. The highest BCUT2D eigenvalue weighted by atomic mass is 16.6. The number of aromatic nitrogens is 3. The summed E-state index contributed by atoms with van der Waals surface area (Å²) in [5.74, 6) is -1.39. The first-order valence-corrected chi connectivity index (χ1v) is 9.36. The fraction of sp³-hybridized carbons (Fsp3) is 0.238. The van der Waals surface area contributed by atoms with Gasteiger partial charge in [-0.1, -0.05) is 48.5 Å². The number of hydrogen-bond acceptors (Lipinski definition) is 5. The Hall–Kier alpha value is -3.68. The summed E-state index contributed by atoms with van der Waals surface area (Å²) in [5, 5.41) is 12.8. The third-order valence-corrected chi connectivity index (χ3v) is 5.53. The number of nitrogens with zero attached hydrogens (tertiary/aromatic N) is 4. The second-order valence-corrected chi connectivity index (χ2v) is 7.22. The molecule has 2 aliphatic rings. The first kappa shape index (κ1) is 17.4. The smallest absolute Gasteiger partial charge is 0.409 e. The Bertz CT molecular complexity index is 1060. The molecule has 0 saturated carbocycles. The SMILES string of the molecule is O=C(O)c1ncn(C2CN(C(=O)OCC3c4ccccc4-c4ccccc43)C2)n1. The van der Waals surface area contributed by atoms with E-state index in [0.717, 1.165) is 0 Å². The maximum Gasteiger partial charge on any atom is 0.409 e. The molecule has 2 heterocycles. The molecule has 29 heavy (non-hydrogen) atoms. The van der Waals surface area contributed by atoms with Gasteiger partial charge in [0, 0.05) is 19.0 Å². The van der Waals surface area contributed by atoms with E-state index < -0.39 is 5.97 Å². The van der Waals surface area contributed by atoms with Crippen LogP contribution in [-0.4, -0.2) is 56.5 Å². The zero-order chi connectivity index (χ0) is 20.0. The molecule has 2 aromatic carbocycles. The quantitative estimate of drug-likeness (QED) is 0.736. The van der Waals surface area contributed by atoms with E-state index in [1.807, 2.05) is 24.3 Å². The second-order valence-electron chi connectivity index (χ2n) is 7.22. The van der Waals surface area contributed by atoms with Gasteiger partial charge in [-0.25, -0.2) is 19.3 Å².